The summed E-state index contributed by atoms with van der Waals surface area (Å²) in [6.07, 6.45) is 3.50. The van der Waals surface area contributed by atoms with Gasteiger partial charge in [-0.15, -0.1) is 0 Å². The van der Waals surface area contributed by atoms with Crippen LogP contribution in [0.5, 0.6) is 0 Å². The van der Waals surface area contributed by atoms with E-state index in [0.717, 1.165) is 0 Å². The van der Waals surface area contributed by atoms with Crippen molar-refractivity contribution in [1.82, 2.24) is 0 Å². The zero-order valence-electron chi connectivity index (χ0n) is 7.01. The van der Waals surface area contributed by atoms with E-state index in [0.29, 0.717) is 0 Å². The second kappa shape index (κ2) is 2.11. The molecule has 0 aliphatic rings. The molecule has 0 radical (unpaired) electrons. The number of aryl methyl sites for hydroxylation is 1. The maximum absolute atomic E-state index is 5.03. The topological polar surface area (TPSA) is 17.0 Å². The zero-order chi connectivity index (χ0) is 7.78. The Morgan fingerprint density at radius 3 is 2.20 bits per heavy atom. The van der Waals surface area contributed by atoms with Crippen LogP contribution in [0, 0.1) is 0 Å². The van der Waals surface area contributed by atoms with Crippen LogP contribution in [0.25, 0.3) is 0 Å². The molecule has 0 aromatic carbocycles. The quantitative estimate of drug-likeness (QED) is 0.498. The van der Waals surface area contributed by atoms with Gasteiger partial charge in [0, 0.05) is 5.41 Å². The van der Waals surface area contributed by atoms with Crippen molar-refractivity contribution in [2.24, 2.45) is 7.05 Å². The molecule has 1 heterocycles. The first kappa shape index (κ1) is 7.32. The van der Waals surface area contributed by atoms with Gasteiger partial charge in [0.15, 0.2) is 6.26 Å². The lowest BCUT2D eigenvalue weighted by molar-refractivity contribution is -0.684. The first-order chi connectivity index (χ1) is 4.52. The van der Waals surface area contributed by atoms with Crippen LogP contribution < -0.4 is 4.57 Å². The third-order valence-corrected chi connectivity index (χ3v) is 1.55. The summed E-state index contributed by atoms with van der Waals surface area (Å²) < 4.78 is 7.03. The highest BCUT2D eigenvalue weighted by atomic mass is 16.3. The second-order valence-corrected chi connectivity index (χ2v) is 3.61. The monoisotopic (exact) mass is 140 g/mol. The Morgan fingerprint density at radius 1 is 1.40 bits per heavy atom. The fourth-order valence-electron chi connectivity index (χ4n) is 1.03. The summed E-state index contributed by atoms with van der Waals surface area (Å²) in [6, 6.07) is 0. The van der Waals surface area contributed by atoms with Crippen molar-refractivity contribution in [3.63, 3.8) is 0 Å². The average molecular weight is 140 g/mol. The van der Waals surface area contributed by atoms with Crippen molar-refractivity contribution in [3.05, 3.63) is 18.4 Å². The molecular weight excluding hydrogens is 126 g/mol. The molecular formula is C8H14NO+. The van der Waals surface area contributed by atoms with Crippen LogP contribution in [0.3, 0.4) is 0 Å². The minimum atomic E-state index is 0.182. The van der Waals surface area contributed by atoms with Gasteiger partial charge in [0.2, 0.25) is 5.69 Å². The molecule has 0 fully saturated rings. The van der Waals surface area contributed by atoms with Crippen molar-refractivity contribution >= 4 is 0 Å². The molecule has 0 amide bonds. The molecule has 0 atom stereocenters. The van der Waals surface area contributed by atoms with E-state index in [-0.39, 0.29) is 5.41 Å². The number of oxazole rings is 1. The third kappa shape index (κ3) is 1.20. The number of hydrogen-bond acceptors (Lipinski definition) is 1. The van der Waals surface area contributed by atoms with E-state index in [1.54, 1.807) is 12.7 Å². The molecule has 0 bridgehead atoms. The first-order valence-electron chi connectivity index (χ1n) is 3.44. The average Bonchev–Trinajstić information content (AvgIpc) is 2.11. The van der Waals surface area contributed by atoms with Gasteiger partial charge in [0.25, 0.3) is 0 Å². The highest BCUT2D eigenvalue weighted by molar-refractivity contribution is 4.99. The Labute approximate surface area is 61.5 Å². The summed E-state index contributed by atoms with van der Waals surface area (Å²) in [7, 11) is 1.99. The summed E-state index contributed by atoms with van der Waals surface area (Å²) in [5, 5.41) is 0. The van der Waals surface area contributed by atoms with Crippen LogP contribution in [-0.4, -0.2) is 0 Å². The van der Waals surface area contributed by atoms with Crippen molar-refractivity contribution in [1.29, 1.82) is 0 Å². The van der Waals surface area contributed by atoms with E-state index >= 15 is 0 Å². The molecule has 0 aliphatic heterocycles. The highest BCUT2D eigenvalue weighted by Crippen LogP contribution is 2.17. The number of rotatable bonds is 0. The van der Waals surface area contributed by atoms with Gasteiger partial charge >= 0.3 is 6.39 Å². The van der Waals surface area contributed by atoms with Gasteiger partial charge < -0.3 is 4.42 Å². The Hall–Kier alpha value is -0.790. The lowest BCUT2D eigenvalue weighted by Gasteiger charge is -2.10. The van der Waals surface area contributed by atoms with Gasteiger partial charge in [0.05, 0.1) is 0 Å². The second-order valence-electron chi connectivity index (χ2n) is 3.61. The highest BCUT2D eigenvalue weighted by Gasteiger charge is 2.24. The molecule has 2 heteroatoms. The van der Waals surface area contributed by atoms with E-state index in [2.05, 4.69) is 20.8 Å². The molecule has 0 N–H and O–H groups in total. The maximum Gasteiger partial charge on any atom is 0.334 e. The SMILES string of the molecule is C[n+]1cocc1C(C)(C)C. The lowest BCUT2D eigenvalue weighted by Crippen LogP contribution is -2.36. The van der Waals surface area contributed by atoms with Crippen molar-refractivity contribution in [2.75, 3.05) is 0 Å². The Kier molecular flexibility index (Phi) is 1.55. The molecule has 0 unspecified atom stereocenters. The van der Waals surface area contributed by atoms with Crippen LogP contribution in [0.4, 0.5) is 0 Å². The van der Waals surface area contributed by atoms with E-state index in [1.807, 2.05) is 11.6 Å². The van der Waals surface area contributed by atoms with Crippen LogP contribution in [0.15, 0.2) is 17.1 Å². The van der Waals surface area contributed by atoms with Gasteiger partial charge in [0.1, 0.15) is 7.05 Å². The minimum absolute atomic E-state index is 0.182. The predicted molar refractivity (Wildman–Crippen MR) is 38.6 cm³/mol. The zero-order valence-corrected chi connectivity index (χ0v) is 7.01. The third-order valence-electron chi connectivity index (χ3n) is 1.55. The van der Waals surface area contributed by atoms with Gasteiger partial charge in [-0.3, -0.25) is 0 Å². The fourth-order valence-corrected chi connectivity index (χ4v) is 1.03. The molecule has 0 saturated heterocycles. The summed E-state index contributed by atoms with van der Waals surface area (Å²) >= 11 is 0. The Bertz CT molecular complexity index is 219. The Balaban J connectivity index is 3.05. The largest absolute Gasteiger partial charge is 0.412 e. The van der Waals surface area contributed by atoms with Gasteiger partial charge in [-0.1, -0.05) is 20.8 Å². The van der Waals surface area contributed by atoms with Crippen LogP contribution in [0.2, 0.25) is 0 Å². The van der Waals surface area contributed by atoms with Crippen molar-refractivity contribution in [2.45, 2.75) is 26.2 Å². The van der Waals surface area contributed by atoms with Crippen LogP contribution in [0.1, 0.15) is 26.5 Å². The lowest BCUT2D eigenvalue weighted by atomic mass is 9.93. The van der Waals surface area contributed by atoms with Gasteiger partial charge in [-0.05, 0) is 0 Å². The summed E-state index contributed by atoms with van der Waals surface area (Å²) in [4.78, 5) is 0. The first-order valence-corrected chi connectivity index (χ1v) is 3.44. The minimum Gasteiger partial charge on any atom is -0.412 e. The van der Waals surface area contributed by atoms with E-state index in [4.69, 9.17) is 4.42 Å². The van der Waals surface area contributed by atoms with E-state index in [9.17, 15) is 0 Å². The molecule has 0 aliphatic carbocycles. The van der Waals surface area contributed by atoms with Gasteiger partial charge in [-0.2, -0.15) is 4.57 Å². The molecule has 0 spiro atoms. The molecule has 10 heavy (non-hydrogen) atoms. The molecule has 1 rings (SSSR count). The summed E-state index contributed by atoms with van der Waals surface area (Å²) in [5.41, 5.74) is 1.40. The Morgan fingerprint density at radius 2 is 2.00 bits per heavy atom. The molecule has 2 nitrogen and oxygen atoms in total. The normalized spacial score (nSPS) is 12.0. The fraction of sp³-hybridized carbons (Fsp3) is 0.625. The maximum atomic E-state index is 5.03. The van der Waals surface area contributed by atoms with Crippen LogP contribution >= 0.6 is 0 Å². The van der Waals surface area contributed by atoms with Crippen molar-refractivity contribution in [3.8, 4) is 0 Å². The summed E-state index contributed by atoms with van der Waals surface area (Å²) in [5.74, 6) is 0. The number of nitrogens with zero attached hydrogens (tertiary/aromatic N) is 1. The molecule has 56 valence electrons. The number of aromatic nitrogens is 1. The predicted octanol–water partition coefficient (Wildman–Crippen LogP) is 1.40. The smallest absolute Gasteiger partial charge is 0.334 e. The number of hydrogen-bond donors (Lipinski definition) is 0. The van der Waals surface area contributed by atoms with E-state index in [1.165, 1.54) is 5.69 Å². The van der Waals surface area contributed by atoms with E-state index < -0.39 is 0 Å². The van der Waals surface area contributed by atoms with Gasteiger partial charge in [-0.25, -0.2) is 0 Å². The molecule has 1 aromatic heterocycles. The van der Waals surface area contributed by atoms with Crippen molar-refractivity contribution < 1.29 is 8.98 Å². The standard InChI is InChI=1S/C8H14NO/c1-8(2,3)7-5-10-6-9(7)4/h5-6H,1-4H3/q+1. The molecule has 0 saturated carbocycles. The molecule has 1 aromatic rings. The van der Waals surface area contributed by atoms with Crippen LogP contribution in [-0.2, 0) is 12.5 Å². The summed E-state index contributed by atoms with van der Waals surface area (Å²) in [6.45, 7) is 6.49.